The number of rotatable bonds is 11. The van der Waals surface area contributed by atoms with Crippen molar-refractivity contribution in [2.24, 2.45) is 5.41 Å². The van der Waals surface area contributed by atoms with Gasteiger partial charge in [0.05, 0.1) is 5.41 Å². The van der Waals surface area contributed by atoms with Gasteiger partial charge in [0.1, 0.15) is 6.61 Å². The summed E-state index contributed by atoms with van der Waals surface area (Å²) in [5.74, 6) is -0.167. The maximum absolute atomic E-state index is 12.6. The second kappa shape index (κ2) is 15.1. The smallest absolute Gasteiger partial charge is 0.311 e. The van der Waals surface area contributed by atoms with E-state index >= 15 is 0 Å². The number of carbonyl (C=O) groups is 1. The van der Waals surface area contributed by atoms with Crippen molar-refractivity contribution in [3.63, 3.8) is 0 Å². The van der Waals surface area contributed by atoms with Crippen LogP contribution in [0.25, 0.3) is 11.1 Å². The second-order valence-electron chi connectivity index (χ2n) is 14.2. The van der Waals surface area contributed by atoms with Gasteiger partial charge in [0.25, 0.3) is 0 Å². The molecular weight excluding hydrogens is 625 g/mol. The van der Waals surface area contributed by atoms with E-state index in [1.54, 1.807) is 0 Å². The van der Waals surface area contributed by atoms with Crippen LogP contribution in [0, 0.1) is 33.1 Å². The lowest BCUT2D eigenvalue weighted by atomic mass is 9.91. The van der Waals surface area contributed by atoms with Crippen LogP contribution in [0.5, 0.6) is 0 Å². The molecule has 0 saturated carbocycles. The molecule has 0 aromatic heterocycles. The van der Waals surface area contributed by atoms with Crippen LogP contribution in [-0.2, 0) is 16.1 Å². The highest BCUT2D eigenvalue weighted by atomic mass is 16.5. The molecule has 51 heavy (non-hydrogen) atoms. The lowest BCUT2D eigenvalue weighted by Crippen LogP contribution is -2.25. The molecule has 0 radical (unpaired) electrons. The van der Waals surface area contributed by atoms with E-state index in [9.17, 15) is 4.79 Å². The predicted molar refractivity (Wildman–Crippen MR) is 214 cm³/mol. The van der Waals surface area contributed by atoms with Gasteiger partial charge in [-0.3, -0.25) is 4.79 Å². The van der Waals surface area contributed by atoms with E-state index in [-0.39, 0.29) is 12.6 Å². The van der Waals surface area contributed by atoms with Crippen molar-refractivity contribution in [3.8, 4) is 11.1 Å². The molecule has 0 aliphatic rings. The molecule has 0 amide bonds. The van der Waals surface area contributed by atoms with Crippen LogP contribution < -0.4 is 9.80 Å². The summed E-state index contributed by atoms with van der Waals surface area (Å²) in [5, 5.41) is 0. The van der Waals surface area contributed by atoms with E-state index < -0.39 is 5.41 Å². The van der Waals surface area contributed by atoms with Crippen LogP contribution in [0.3, 0.4) is 0 Å². The molecular formula is C47H48N2O2. The van der Waals surface area contributed by atoms with Crippen LogP contribution in [0.4, 0.5) is 34.1 Å². The van der Waals surface area contributed by atoms with Gasteiger partial charge in [0, 0.05) is 34.1 Å². The minimum atomic E-state index is -0.493. The Morgan fingerprint density at radius 3 is 1.59 bits per heavy atom. The van der Waals surface area contributed by atoms with Crippen LogP contribution in [-0.4, -0.2) is 5.97 Å². The third-order valence-corrected chi connectivity index (χ3v) is 9.84. The molecule has 6 rings (SSSR count). The molecule has 6 aromatic rings. The topological polar surface area (TPSA) is 32.8 Å². The third-order valence-electron chi connectivity index (χ3n) is 9.84. The number of para-hydroxylation sites is 1. The first-order valence-electron chi connectivity index (χ1n) is 17.8. The van der Waals surface area contributed by atoms with E-state index in [1.807, 2.05) is 20.8 Å². The fraction of sp³-hybridized carbons (Fsp3) is 0.213. The van der Waals surface area contributed by atoms with Crippen LogP contribution >= 0.6 is 0 Å². The maximum Gasteiger partial charge on any atom is 0.311 e. The van der Waals surface area contributed by atoms with E-state index in [1.165, 1.54) is 22.4 Å². The zero-order valence-corrected chi connectivity index (χ0v) is 30.9. The zero-order chi connectivity index (χ0) is 36.1. The molecule has 0 saturated heterocycles. The fourth-order valence-corrected chi connectivity index (χ4v) is 6.29. The summed E-state index contributed by atoms with van der Waals surface area (Å²) < 4.78 is 5.73. The molecule has 0 N–H and O–H groups in total. The van der Waals surface area contributed by atoms with Gasteiger partial charge in [-0.05, 0) is 154 Å². The van der Waals surface area contributed by atoms with Crippen molar-refractivity contribution in [3.05, 3.63) is 167 Å². The Kier molecular flexibility index (Phi) is 10.4. The summed E-state index contributed by atoms with van der Waals surface area (Å²) in [5.41, 5.74) is 14.2. The van der Waals surface area contributed by atoms with Gasteiger partial charge in [0.15, 0.2) is 0 Å². The minimum absolute atomic E-state index is 0.167. The summed E-state index contributed by atoms with van der Waals surface area (Å²) >= 11 is 0. The fourth-order valence-electron chi connectivity index (χ4n) is 6.29. The Morgan fingerprint density at radius 2 is 1.06 bits per heavy atom. The molecule has 0 aliphatic carbocycles. The van der Waals surface area contributed by atoms with Crippen LogP contribution in [0.2, 0.25) is 0 Å². The number of hydrogen-bond donors (Lipinski definition) is 0. The standard InChI is InChI=1S/C47H48N2O2/c1-8-47(6,7)46(50)51-32-39-23-28-44(31-36(39)5)48(42-16-11-13-33(2)29-42)40-24-19-37(20-25-40)38-21-26-41(27-22-38)49(43-17-12-14-34(3)30-43)45-18-10-9-15-35(45)4/h9-31H,8,32H2,1-7H3. The van der Waals surface area contributed by atoms with Crippen LogP contribution in [0.15, 0.2) is 140 Å². The number of nitrogens with zero attached hydrogens (tertiary/aromatic N) is 2. The molecule has 4 heteroatoms. The number of hydrogen-bond acceptors (Lipinski definition) is 4. The number of aryl methyl sites for hydroxylation is 4. The Balaban J connectivity index is 1.29. The van der Waals surface area contributed by atoms with Gasteiger partial charge in [0.2, 0.25) is 0 Å². The van der Waals surface area contributed by atoms with Crippen molar-refractivity contribution in [2.45, 2.75) is 61.5 Å². The van der Waals surface area contributed by atoms with Gasteiger partial charge >= 0.3 is 5.97 Å². The molecule has 0 spiro atoms. The van der Waals surface area contributed by atoms with Crippen molar-refractivity contribution < 1.29 is 9.53 Å². The maximum atomic E-state index is 12.6. The molecule has 0 atom stereocenters. The lowest BCUT2D eigenvalue weighted by molar-refractivity contribution is -0.155. The van der Waals surface area contributed by atoms with E-state index in [2.05, 4.69) is 177 Å². The first-order chi connectivity index (χ1) is 24.5. The Labute approximate surface area is 304 Å². The highest BCUT2D eigenvalue weighted by Gasteiger charge is 2.27. The molecule has 6 aromatic carbocycles. The van der Waals surface area contributed by atoms with Crippen molar-refractivity contribution in [1.29, 1.82) is 0 Å². The Bertz CT molecular complexity index is 2130. The highest BCUT2D eigenvalue weighted by Crippen LogP contribution is 2.39. The first kappa shape index (κ1) is 35.2. The third kappa shape index (κ3) is 7.91. The minimum Gasteiger partial charge on any atom is -0.460 e. The normalized spacial score (nSPS) is 11.3. The molecule has 0 unspecified atom stereocenters. The molecule has 0 heterocycles. The predicted octanol–water partition coefficient (Wildman–Crippen LogP) is 13.0. The summed E-state index contributed by atoms with van der Waals surface area (Å²) in [6.07, 6.45) is 0.736. The summed E-state index contributed by atoms with van der Waals surface area (Å²) in [4.78, 5) is 17.3. The number of esters is 1. The largest absolute Gasteiger partial charge is 0.460 e. The number of benzene rings is 6. The molecule has 0 aliphatic heterocycles. The SMILES string of the molecule is CCC(C)(C)C(=O)OCc1ccc(N(c2ccc(-c3ccc(N(c4cccc(C)c4)c4ccccc4C)cc3)cc2)c2cccc(C)c2)cc1C. The number of anilines is 6. The Hall–Kier alpha value is -5.61. The molecule has 258 valence electrons. The number of carbonyl (C=O) groups excluding carboxylic acids is 1. The second-order valence-corrected chi connectivity index (χ2v) is 14.2. The van der Waals surface area contributed by atoms with Gasteiger partial charge in [-0.1, -0.05) is 79.7 Å². The van der Waals surface area contributed by atoms with Crippen molar-refractivity contribution in [2.75, 3.05) is 9.80 Å². The highest BCUT2D eigenvalue weighted by molar-refractivity contribution is 5.82. The van der Waals surface area contributed by atoms with Crippen molar-refractivity contribution >= 4 is 40.1 Å². The van der Waals surface area contributed by atoms with Gasteiger partial charge in [-0.15, -0.1) is 0 Å². The monoisotopic (exact) mass is 672 g/mol. The Morgan fingerprint density at radius 1 is 0.549 bits per heavy atom. The average molecular weight is 673 g/mol. The molecule has 0 bridgehead atoms. The van der Waals surface area contributed by atoms with Crippen LogP contribution in [0.1, 0.15) is 55.0 Å². The van der Waals surface area contributed by atoms with Gasteiger partial charge < -0.3 is 14.5 Å². The summed E-state index contributed by atoms with van der Waals surface area (Å²) in [7, 11) is 0. The molecule has 0 fully saturated rings. The van der Waals surface area contributed by atoms with Crippen molar-refractivity contribution in [1.82, 2.24) is 0 Å². The average Bonchev–Trinajstić information content (AvgIpc) is 3.13. The van der Waals surface area contributed by atoms with Gasteiger partial charge in [-0.25, -0.2) is 0 Å². The zero-order valence-electron chi connectivity index (χ0n) is 30.9. The summed E-state index contributed by atoms with van der Waals surface area (Å²) in [6, 6.07) is 49.7. The molecule has 4 nitrogen and oxygen atoms in total. The number of ether oxygens (including phenoxy) is 1. The van der Waals surface area contributed by atoms with E-state index in [4.69, 9.17) is 4.74 Å². The van der Waals surface area contributed by atoms with E-state index in [0.717, 1.165) is 57.1 Å². The summed E-state index contributed by atoms with van der Waals surface area (Å²) in [6.45, 7) is 14.6. The first-order valence-corrected chi connectivity index (χ1v) is 17.8. The van der Waals surface area contributed by atoms with Gasteiger partial charge in [-0.2, -0.15) is 0 Å². The lowest BCUT2D eigenvalue weighted by Gasteiger charge is -2.28. The van der Waals surface area contributed by atoms with E-state index in [0.29, 0.717) is 0 Å². The quantitative estimate of drug-likeness (QED) is 0.128.